The summed E-state index contributed by atoms with van der Waals surface area (Å²) in [7, 11) is -3.76. The Hall–Kier alpha value is -3.51. The van der Waals surface area contributed by atoms with Crippen LogP contribution in [0.2, 0.25) is 0 Å². The molecule has 0 aliphatic rings. The van der Waals surface area contributed by atoms with Crippen molar-refractivity contribution in [2.45, 2.75) is 25.7 Å². The summed E-state index contributed by atoms with van der Waals surface area (Å²) in [6.07, 6.45) is 0.821. The molecule has 6 heteroatoms. The summed E-state index contributed by atoms with van der Waals surface area (Å²) in [5.74, 6) is 0.266. The minimum absolute atomic E-state index is 0.266. The highest BCUT2D eigenvalue weighted by Crippen LogP contribution is 2.27. The number of aryl methyl sites for hydroxylation is 3. The predicted molar refractivity (Wildman–Crippen MR) is 124 cm³/mol. The second-order valence-corrected chi connectivity index (χ2v) is 9.30. The standard InChI is InChI=1S/C25H22N2O3S/c1-16-11-17(2)25(18(3)12-16)31(29,30)27-24-10-8-22-14-21(7-9-23(22)26-24)20-6-4-5-19(13-20)15-28/h4-15H,1-3H3,(H,26,27). The van der Waals surface area contributed by atoms with Crippen molar-refractivity contribution in [3.05, 3.63) is 89.0 Å². The molecule has 4 aromatic rings. The van der Waals surface area contributed by atoms with Crippen LogP contribution in [-0.2, 0) is 10.0 Å². The third-order valence-electron chi connectivity index (χ3n) is 5.16. The van der Waals surface area contributed by atoms with Gasteiger partial charge in [0.2, 0.25) is 0 Å². The molecule has 0 saturated carbocycles. The number of nitrogens with one attached hydrogen (secondary N) is 1. The number of pyridine rings is 1. The van der Waals surface area contributed by atoms with Gasteiger partial charge < -0.3 is 0 Å². The molecule has 0 amide bonds. The number of aromatic nitrogens is 1. The fourth-order valence-electron chi connectivity index (χ4n) is 3.93. The molecule has 0 saturated heterocycles. The number of benzene rings is 3. The van der Waals surface area contributed by atoms with E-state index in [1.807, 2.05) is 61.5 Å². The molecule has 0 atom stereocenters. The first kappa shape index (κ1) is 20.8. The van der Waals surface area contributed by atoms with Crippen molar-refractivity contribution in [3.8, 4) is 11.1 Å². The van der Waals surface area contributed by atoms with E-state index in [2.05, 4.69) is 9.71 Å². The van der Waals surface area contributed by atoms with Crippen LogP contribution in [-0.4, -0.2) is 19.7 Å². The summed E-state index contributed by atoms with van der Waals surface area (Å²) in [6, 6.07) is 20.3. The number of carbonyl (C=O) groups excluding carboxylic acids is 1. The number of anilines is 1. The molecule has 31 heavy (non-hydrogen) atoms. The molecular formula is C25H22N2O3S. The van der Waals surface area contributed by atoms with E-state index in [1.54, 1.807) is 26.0 Å². The largest absolute Gasteiger partial charge is 0.298 e. The summed E-state index contributed by atoms with van der Waals surface area (Å²) >= 11 is 0. The van der Waals surface area contributed by atoms with Crippen LogP contribution in [0.25, 0.3) is 22.0 Å². The van der Waals surface area contributed by atoms with Crippen molar-refractivity contribution < 1.29 is 13.2 Å². The first-order valence-electron chi connectivity index (χ1n) is 9.84. The molecule has 156 valence electrons. The number of hydrogen-bond acceptors (Lipinski definition) is 4. The molecule has 0 unspecified atom stereocenters. The summed E-state index contributed by atoms with van der Waals surface area (Å²) in [6.45, 7) is 5.53. The fraction of sp³-hybridized carbons (Fsp3) is 0.120. The Balaban J connectivity index is 1.68. The molecule has 0 aliphatic heterocycles. The number of aldehydes is 1. The number of rotatable bonds is 5. The molecule has 4 rings (SSSR count). The zero-order valence-electron chi connectivity index (χ0n) is 17.5. The Bertz CT molecular complexity index is 1400. The van der Waals surface area contributed by atoms with Crippen LogP contribution in [0.5, 0.6) is 0 Å². The van der Waals surface area contributed by atoms with E-state index in [0.717, 1.165) is 28.4 Å². The highest BCUT2D eigenvalue weighted by atomic mass is 32.2. The van der Waals surface area contributed by atoms with Crippen LogP contribution in [0.4, 0.5) is 5.82 Å². The van der Waals surface area contributed by atoms with Gasteiger partial charge in [-0.2, -0.15) is 0 Å². The first-order chi connectivity index (χ1) is 14.8. The Morgan fingerprint density at radius 3 is 2.26 bits per heavy atom. The Labute approximate surface area is 181 Å². The molecule has 0 aliphatic carbocycles. The fourth-order valence-corrected chi connectivity index (χ4v) is 5.39. The van der Waals surface area contributed by atoms with Gasteiger partial charge in [-0.25, -0.2) is 13.4 Å². The van der Waals surface area contributed by atoms with Gasteiger partial charge in [0.25, 0.3) is 10.0 Å². The Kier molecular flexibility index (Phi) is 5.33. The lowest BCUT2D eigenvalue weighted by atomic mass is 10.0. The molecule has 0 spiro atoms. The van der Waals surface area contributed by atoms with E-state index < -0.39 is 10.0 Å². The second-order valence-electron chi connectivity index (χ2n) is 7.68. The maximum absolute atomic E-state index is 13.0. The monoisotopic (exact) mass is 430 g/mol. The van der Waals surface area contributed by atoms with Gasteiger partial charge in [0.1, 0.15) is 12.1 Å². The zero-order chi connectivity index (χ0) is 22.2. The normalized spacial score (nSPS) is 11.5. The van der Waals surface area contributed by atoms with Crippen molar-refractivity contribution in [1.29, 1.82) is 0 Å². The number of carbonyl (C=O) groups is 1. The van der Waals surface area contributed by atoms with Crippen LogP contribution in [0.3, 0.4) is 0 Å². The van der Waals surface area contributed by atoms with Gasteiger partial charge in [0.05, 0.1) is 10.4 Å². The van der Waals surface area contributed by atoms with Gasteiger partial charge in [0, 0.05) is 10.9 Å². The topological polar surface area (TPSA) is 76.1 Å². The Morgan fingerprint density at radius 1 is 0.839 bits per heavy atom. The van der Waals surface area contributed by atoms with Crippen LogP contribution in [0, 0.1) is 20.8 Å². The highest BCUT2D eigenvalue weighted by Gasteiger charge is 2.20. The summed E-state index contributed by atoms with van der Waals surface area (Å²) in [5.41, 5.74) is 5.60. The minimum Gasteiger partial charge on any atom is -0.298 e. The predicted octanol–water partition coefficient (Wildman–Crippen LogP) is 5.44. The lowest BCUT2D eigenvalue weighted by Gasteiger charge is -2.14. The molecule has 1 N–H and O–H groups in total. The third-order valence-corrected chi connectivity index (χ3v) is 6.82. The zero-order valence-corrected chi connectivity index (χ0v) is 18.3. The maximum Gasteiger partial charge on any atom is 0.263 e. The smallest absolute Gasteiger partial charge is 0.263 e. The average molecular weight is 431 g/mol. The first-order valence-corrected chi connectivity index (χ1v) is 11.3. The van der Waals surface area contributed by atoms with E-state index in [-0.39, 0.29) is 10.7 Å². The minimum atomic E-state index is -3.76. The van der Waals surface area contributed by atoms with E-state index in [9.17, 15) is 13.2 Å². The van der Waals surface area contributed by atoms with Crippen molar-refractivity contribution in [2.75, 3.05) is 4.72 Å². The van der Waals surface area contributed by atoms with Crippen molar-refractivity contribution >= 4 is 33.0 Å². The van der Waals surface area contributed by atoms with Gasteiger partial charge in [-0.05, 0) is 73.4 Å². The van der Waals surface area contributed by atoms with Crippen LogP contribution >= 0.6 is 0 Å². The quantitative estimate of drug-likeness (QED) is 0.428. The number of fused-ring (bicyclic) bond motifs is 1. The molecule has 3 aromatic carbocycles. The molecular weight excluding hydrogens is 408 g/mol. The van der Waals surface area contributed by atoms with Crippen LogP contribution in [0.1, 0.15) is 27.0 Å². The van der Waals surface area contributed by atoms with Gasteiger partial charge in [-0.15, -0.1) is 0 Å². The molecule has 1 aromatic heterocycles. The van der Waals surface area contributed by atoms with Gasteiger partial charge >= 0.3 is 0 Å². The van der Waals surface area contributed by atoms with Crippen LogP contribution < -0.4 is 4.72 Å². The van der Waals surface area contributed by atoms with E-state index in [0.29, 0.717) is 22.2 Å². The van der Waals surface area contributed by atoms with E-state index in [1.165, 1.54) is 0 Å². The van der Waals surface area contributed by atoms with Gasteiger partial charge in [0.15, 0.2) is 0 Å². The molecule has 5 nitrogen and oxygen atoms in total. The number of nitrogens with zero attached hydrogens (tertiary/aromatic N) is 1. The Morgan fingerprint density at radius 2 is 1.55 bits per heavy atom. The van der Waals surface area contributed by atoms with Gasteiger partial charge in [-0.1, -0.05) is 42.0 Å². The number of sulfonamides is 1. The molecule has 0 radical (unpaired) electrons. The lowest BCUT2D eigenvalue weighted by Crippen LogP contribution is -2.16. The number of hydrogen-bond donors (Lipinski definition) is 1. The van der Waals surface area contributed by atoms with Gasteiger partial charge in [-0.3, -0.25) is 9.52 Å². The summed E-state index contributed by atoms with van der Waals surface area (Å²) in [5, 5.41) is 0.875. The molecule has 0 bridgehead atoms. The highest BCUT2D eigenvalue weighted by molar-refractivity contribution is 7.92. The van der Waals surface area contributed by atoms with Crippen LogP contribution in [0.15, 0.2) is 71.6 Å². The van der Waals surface area contributed by atoms with Crippen molar-refractivity contribution in [3.63, 3.8) is 0 Å². The SMILES string of the molecule is Cc1cc(C)c(S(=O)(=O)Nc2ccc3cc(-c4cccc(C=O)c4)ccc3n2)c(C)c1. The van der Waals surface area contributed by atoms with Crippen molar-refractivity contribution in [1.82, 2.24) is 4.98 Å². The second kappa shape index (κ2) is 7.96. The maximum atomic E-state index is 13.0. The van der Waals surface area contributed by atoms with E-state index >= 15 is 0 Å². The van der Waals surface area contributed by atoms with E-state index in [4.69, 9.17) is 0 Å². The molecule has 1 heterocycles. The molecule has 0 fully saturated rings. The lowest BCUT2D eigenvalue weighted by molar-refractivity contribution is 0.112. The van der Waals surface area contributed by atoms with Crippen molar-refractivity contribution in [2.24, 2.45) is 0 Å². The third kappa shape index (κ3) is 4.20. The summed E-state index contributed by atoms with van der Waals surface area (Å²) in [4.78, 5) is 15.8. The summed E-state index contributed by atoms with van der Waals surface area (Å²) < 4.78 is 28.6. The average Bonchev–Trinajstić information content (AvgIpc) is 2.72.